The van der Waals surface area contributed by atoms with Crippen molar-refractivity contribution in [3.63, 3.8) is 0 Å². The monoisotopic (exact) mass is 412 g/mol. The van der Waals surface area contributed by atoms with Gasteiger partial charge in [-0.25, -0.2) is 0 Å². The van der Waals surface area contributed by atoms with Gasteiger partial charge in [0.15, 0.2) is 4.34 Å². The molecule has 0 bridgehead atoms. The molecule has 146 valence electrons. The molecule has 1 heterocycles. The van der Waals surface area contributed by atoms with E-state index >= 15 is 0 Å². The maximum Gasteiger partial charge on any atom is 0.230 e. The maximum atomic E-state index is 12.3. The van der Waals surface area contributed by atoms with Crippen LogP contribution < -0.4 is 10.6 Å². The highest BCUT2D eigenvalue weighted by atomic mass is 32.2. The largest absolute Gasteiger partial charge is 0.356 e. The number of nitrogens with one attached hydrogen (secondary N) is 2. The third-order valence-electron chi connectivity index (χ3n) is 4.43. The van der Waals surface area contributed by atoms with Gasteiger partial charge in [0.2, 0.25) is 11.0 Å². The molecular formula is C21H24N4OS2. The summed E-state index contributed by atoms with van der Waals surface area (Å²) in [6, 6.07) is 16.4. The van der Waals surface area contributed by atoms with Crippen LogP contribution in [0, 0.1) is 13.8 Å². The lowest BCUT2D eigenvalue weighted by Gasteiger charge is -2.15. The molecular weight excluding hydrogens is 388 g/mol. The zero-order valence-electron chi connectivity index (χ0n) is 16.2. The molecule has 0 radical (unpaired) electrons. The number of nitrogens with zero attached hydrogens (tertiary/aromatic N) is 2. The van der Waals surface area contributed by atoms with Gasteiger partial charge in [-0.1, -0.05) is 71.6 Å². The Hall–Kier alpha value is -2.38. The lowest BCUT2D eigenvalue weighted by Crippen LogP contribution is -2.28. The number of carbonyl (C=O) groups excluding carboxylic acids is 1. The second kappa shape index (κ2) is 9.71. The average Bonchev–Trinajstić information content (AvgIpc) is 3.15. The lowest BCUT2D eigenvalue weighted by atomic mass is 10.0. The average molecular weight is 413 g/mol. The number of benzene rings is 2. The first-order valence-electron chi connectivity index (χ1n) is 9.12. The van der Waals surface area contributed by atoms with Crippen molar-refractivity contribution in [3.8, 4) is 0 Å². The minimum atomic E-state index is -0.0232. The van der Waals surface area contributed by atoms with E-state index in [1.807, 2.05) is 25.1 Å². The van der Waals surface area contributed by atoms with Crippen molar-refractivity contribution in [2.45, 2.75) is 37.7 Å². The molecule has 5 nitrogen and oxygen atoms in total. The van der Waals surface area contributed by atoms with Gasteiger partial charge < -0.3 is 10.6 Å². The molecule has 3 aromatic rings. The molecule has 2 N–H and O–H groups in total. The van der Waals surface area contributed by atoms with Gasteiger partial charge in [0.05, 0.1) is 11.8 Å². The Morgan fingerprint density at radius 1 is 1.11 bits per heavy atom. The molecule has 0 spiro atoms. The summed E-state index contributed by atoms with van der Waals surface area (Å²) in [5.41, 5.74) is 4.79. The predicted octanol–water partition coefficient (Wildman–Crippen LogP) is 4.74. The van der Waals surface area contributed by atoms with E-state index in [9.17, 15) is 4.79 Å². The molecule has 1 amide bonds. The summed E-state index contributed by atoms with van der Waals surface area (Å²) in [4.78, 5) is 12.3. The molecule has 1 aromatic heterocycles. The SMILES string of the molecule is Cc1ccc([C@H](C)NC(=O)CSc2nnc(NCc3ccccc3)s2)cc1C. The zero-order chi connectivity index (χ0) is 19.9. The van der Waals surface area contributed by atoms with Crippen LogP contribution in [0.1, 0.15) is 35.2 Å². The van der Waals surface area contributed by atoms with Gasteiger partial charge >= 0.3 is 0 Å². The van der Waals surface area contributed by atoms with Gasteiger partial charge in [-0.3, -0.25) is 4.79 Å². The minimum Gasteiger partial charge on any atom is -0.356 e. The van der Waals surface area contributed by atoms with Gasteiger partial charge in [-0.15, -0.1) is 10.2 Å². The van der Waals surface area contributed by atoms with Crippen LogP contribution in [-0.4, -0.2) is 21.9 Å². The van der Waals surface area contributed by atoms with Crippen LogP contribution in [0.15, 0.2) is 52.9 Å². The van der Waals surface area contributed by atoms with Gasteiger partial charge in [0, 0.05) is 6.54 Å². The van der Waals surface area contributed by atoms with Crippen molar-refractivity contribution in [2.75, 3.05) is 11.1 Å². The first kappa shape index (κ1) is 20.4. The van der Waals surface area contributed by atoms with E-state index < -0.39 is 0 Å². The second-order valence-corrected chi connectivity index (χ2v) is 8.83. The van der Waals surface area contributed by atoms with Crippen molar-refractivity contribution >= 4 is 34.1 Å². The summed E-state index contributed by atoms with van der Waals surface area (Å²) in [7, 11) is 0. The number of carbonyl (C=O) groups is 1. The highest BCUT2D eigenvalue weighted by molar-refractivity contribution is 8.01. The van der Waals surface area contributed by atoms with E-state index in [2.05, 4.69) is 65.0 Å². The molecule has 0 aliphatic carbocycles. The number of hydrogen-bond donors (Lipinski definition) is 2. The number of rotatable bonds is 8. The summed E-state index contributed by atoms with van der Waals surface area (Å²) in [6.07, 6.45) is 0. The molecule has 28 heavy (non-hydrogen) atoms. The first-order valence-corrected chi connectivity index (χ1v) is 10.9. The highest BCUT2D eigenvalue weighted by Gasteiger charge is 2.12. The van der Waals surface area contributed by atoms with E-state index in [4.69, 9.17) is 0 Å². The summed E-state index contributed by atoms with van der Waals surface area (Å²) in [6.45, 7) is 6.88. The zero-order valence-corrected chi connectivity index (χ0v) is 17.9. The van der Waals surface area contributed by atoms with Gasteiger partial charge in [0.1, 0.15) is 0 Å². The Kier molecular flexibility index (Phi) is 7.06. The number of amides is 1. The molecule has 2 aromatic carbocycles. The van der Waals surface area contributed by atoms with Crippen LogP contribution in [0.4, 0.5) is 5.13 Å². The van der Waals surface area contributed by atoms with Crippen LogP contribution in [0.3, 0.4) is 0 Å². The Morgan fingerprint density at radius 3 is 2.64 bits per heavy atom. The number of aromatic nitrogens is 2. The van der Waals surface area contributed by atoms with E-state index in [0.29, 0.717) is 12.3 Å². The molecule has 0 aliphatic heterocycles. The topological polar surface area (TPSA) is 66.9 Å². The number of aryl methyl sites for hydroxylation is 2. The maximum absolute atomic E-state index is 12.3. The van der Waals surface area contributed by atoms with Crippen molar-refractivity contribution in [1.29, 1.82) is 0 Å². The normalized spacial score (nSPS) is 11.8. The number of hydrogen-bond acceptors (Lipinski definition) is 6. The Labute approximate surface area is 174 Å². The third-order valence-corrected chi connectivity index (χ3v) is 6.44. The first-order chi connectivity index (χ1) is 13.5. The summed E-state index contributed by atoms with van der Waals surface area (Å²) < 4.78 is 0.782. The Balaban J connectivity index is 1.45. The van der Waals surface area contributed by atoms with E-state index in [1.165, 1.54) is 39.8 Å². The molecule has 0 unspecified atom stereocenters. The Bertz CT molecular complexity index is 927. The predicted molar refractivity (Wildman–Crippen MR) is 117 cm³/mol. The quantitative estimate of drug-likeness (QED) is 0.523. The smallest absolute Gasteiger partial charge is 0.230 e. The number of anilines is 1. The van der Waals surface area contributed by atoms with Crippen molar-refractivity contribution in [1.82, 2.24) is 15.5 Å². The minimum absolute atomic E-state index is 0.00952. The third kappa shape index (κ3) is 5.81. The van der Waals surface area contributed by atoms with E-state index in [0.717, 1.165) is 15.0 Å². The molecule has 1 atom stereocenters. The van der Waals surface area contributed by atoms with Crippen LogP contribution in [0.5, 0.6) is 0 Å². The fourth-order valence-corrected chi connectivity index (χ4v) is 4.20. The fourth-order valence-electron chi connectivity index (χ4n) is 2.64. The Morgan fingerprint density at radius 2 is 1.89 bits per heavy atom. The summed E-state index contributed by atoms with van der Waals surface area (Å²) >= 11 is 2.87. The van der Waals surface area contributed by atoms with Crippen LogP contribution in [0.2, 0.25) is 0 Å². The standard InChI is InChI=1S/C21H24N4OS2/c1-14-9-10-18(11-15(14)2)16(3)23-19(26)13-27-21-25-24-20(28-21)22-12-17-7-5-4-6-8-17/h4-11,16H,12-13H2,1-3H3,(H,22,24)(H,23,26)/t16-/m0/s1. The van der Waals surface area contributed by atoms with E-state index in [-0.39, 0.29) is 11.9 Å². The van der Waals surface area contributed by atoms with Gasteiger partial charge in [-0.05, 0) is 43.0 Å². The summed E-state index contributed by atoms with van der Waals surface area (Å²) in [5, 5.41) is 15.4. The number of thioether (sulfide) groups is 1. The van der Waals surface area contributed by atoms with Crippen molar-refractivity contribution in [3.05, 3.63) is 70.8 Å². The fraction of sp³-hybridized carbons (Fsp3) is 0.286. The highest BCUT2D eigenvalue weighted by Crippen LogP contribution is 2.26. The van der Waals surface area contributed by atoms with Crippen molar-refractivity contribution < 1.29 is 4.79 Å². The second-order valence-electron chi connectivity index (χ2n) is 6.63. The van der Waals surface area contributed by atoms with Crippen molar-refractivity contribution in [2.24, 2.45) is 0 Å². The van der Waals surface area contributed by atoms with Gasteiger partial charge in [0.25, 0.3) is 0 Å². The van der Waals surface area contributed by atoms with Crippen LogP contribution in [-0.2, 0) is 11.3 Å². The molecule has 3 rings (SSSR count). The molecule has 0 fully saturated rings. The molecule has 0 saturated carbocycles. The summed E-state index contributed by atoms with van der Waals surface area (Å²) in [5.74, 6) is 0.312. The van der Waals surface area contributed by atoms with Crippen LogP contribution >= 0.6 is 23.1 Å². The van der Waals surface area contributed by atoms with Crippen LogP contribution in [0.25, 0.3) is 0 Å². The van der Waals surface area contributed by atoms with E-state index in [1.54, 1.807) is 0 Å². The molecule has 0 saturated heterocycles. The lowest BCUT2D eigenvalue weighted by molar-refractivity contribution is -0.119. The van der Waals surface area contributed by atoms with Gasteiger partial charge in [-0.2, -0.15) is 0 Å². The molecule has 7 heteroatoms. The molecule has 0 aliphatic rings.